The van der Waals surface area contributed by atoms with Crippen LogP contribution in [0.4, 0.5) is 5.69 Å². The molecule has 1 aromatic rings. The Kier molecular flexibility index (Phi) is 5.07. The molecule has 1 amide bonds. The lowest BCUT2D eigenvalue weighted by Gasteiger charge is -2.33. The van der Waals surface area contributed by atoms with Gasteiger partial charge >= 0.3 is 0 Å². The first-order valence-electron chi connectivity index (χ1n) is 6.43. The summed E-state index contributed by atoms with van der Waals surface area (Å²) >= 11 is 1.37. The summed E-state index contributed by atoms with van der Waals surface area (Å²) in [5.74, 6) is 0.275. The molecule has 0 radical (unpaired) electrons. The number of nitrogen functional groups attached to an aromatic ring is 1. The molecular weight excluding hydrogens is 312 g/mol. The van der Waals surface area contributed by atoms with Crippen molar-refractivity contribution in [3.05, 3.63) is 18.5 Å². The van der Waals surface area contributed by atoms with E-state index in [0.29, 0.717) is 31.9 Å². The van der Waals surface area contributed by atoms with Crippen LogP contribution in [0.25, 0.3) is 0 Å². The molecule has 1 aromatic heterocycles. The van der Waals surface area contributed by atoms with Gasteiger partial charge in [0.25, 0.3) is 0 Å². The maximum absolute atomic E-state index is 12.1. The molecule has 0 aliphatic carbocycles. The topological polar surface area (TPSA) is 96.6 Å². The van der Waals surface area contributed by atoms with Crippen molar-refractivity contribution in [1.29, 1.82) is 0 Å². The molecule has 116 valence electrons. The van der Waals surface area contributed by atoms with Crippen LogP contribution in [0, 0.1) is 0 Å². The van der Waals surface area contributed by atoms with E-state index in [4.69, 9.17) is 5.73 Å². The Balaban J connectivity index is 1.84. The van der Waals surface area contributed by atoms with Crippen molar-refractivity contribution in [2.45, 2.75) is 4.90 Å². The summed E-state index contributed by atoms with van der Waals surface area (Å²) in [6.07, 6.45) is 4.37. The Morgan fingerprint density at radius 3 is 2.62 bits per heavy atom. The molecule has 0 atom stereocenters. The number of pyridine rings is 1. The van der Waals surface area contributed by atoms with Crippen molar-refractivity contribution in [3.63, 3.8) is 0 Å². The molecule has 0 spiro atoms. The molecule has 9 heteroatoms. The lowest BCUT2D eigenvalue weighted by Crippen LogP contribution is -2.50. The first-order chi connectivity index (χ1) is 9.88. The number of hydrogen-bond donors (Lipinski definition) is 1. The molecule has 21 heavy (non-hydrogen) atoms. The van der Waals surface area contributed by atoms with Gasteiger partial charge in [0.1, 0.15) is 0 Å². The molecule has 0 saturated carbocycles. The fourth-order valence-corrected chi connectivity index (χ4v) is 3.69. The smallest absolute Gasteiger partial charge is 0.233 e. The Hall–Kier alpha value is -1.32. The normalized spacial score (nSPS) is 16.9. The molecule has 1 saturated heterocycles. The molecule has 2 N–H and O–H groups in total. The zero-order valence-corrected chi connectivity index (χ0v) is 13.4. The van der Waals surface area contributed by atoms with Crippen LogP contribution < -0.4 is 5.73 Å². The lowest BCUT2D eigenvalue weighted by molar-refractivity contribution is -0.129. The third-order valence-electron chi connectivity index (χ3n) is 3.22. The quantitative estimate of drug-likeness (QED) is 0.772. The van der Waals surface area contributed by atoms with E-state index in [2.05, 4.69) is 4.98 Å². The van der Waals surface area contributed by atoms with Crippen molar-refractivity contribution in [3.8, 4) is 0 Å². The lowest BCUT2D eigenvalue weighted by atomic mass is 10.3. The third-order valence-corrected chi connectivity index (χ3v) is 5.60. The van der Waals surface area contributed by atoms with E-state index in [9.17, 15) is 13.2 Å². The number of anilines is 1. The second-order valence-electron chi connectivity index (χ2n) is 4.75. The molecule has 1 aliphatic heterocycles. The Morgan fingerprint density at radius 2 is 2.05 bits per heavy atom. The molecule has 7 nitrogen and oxygen atoms in total. The molecule has 2 rings (SSSR count). The van der Waals surface area contributed by atoms with Crippen LogP contribution >= 0.6 is 11.8 Å². The number of thioether (sulfide) groups is 1. The molecule has 1 aliphatic rings. The average Bonchev–Trinajstić information content (AvgIpc) is 2.45. The van der Waals surface area contributed by atoms with Gasteiger partial charge in [0.15, 0.2) is 0 Å². The molecule has 0 unspecified atom stereocenters. The highest BCUT2D eigenvalue weighted by atomic mass is 32.2. The van der Waals surface area contributed by atoms with Crippen LogP contribution in [-0.4, -0.2) is 66.7 Å². The fraction of sp³-hybridized carbons (Fsp3) is 0.500. The number of carbonyl (C=O) groups excluding carboxylic acids is 1. The van der Waals surface area contributed by atoms with E-state index in [1.54, 1.807) is 23.4 Å². The zero-order valence-electron chi connectivity index (χ0n) is 11.7. The molecule has 0 bridgehead atoms. The van der Waals surface area contributed by atoms with Gasteiger partial charge in [-0.1, -0.05) is 0 Å². The van der Waals surface area contributed by atoms with Crippen LogP contribution in [0.5, 0.6) is 0 Å². The minimum Gasteiger partial charge on any atom is -0.397 e. The van der Waals surface area contributed by atoms with Gasteiger partial charge in [-0.05, 0) is 6.07 Å². The van der Waals surface area contributed by atoms with Crippen molar-refractivity contribution in [1.82, 2.24) is 14.2 Å². The van der Waals surface area contributed by atoms with E-state index < -0.39 is 10.0 Å². The highest BCUT2D eigenvalue weighted by Gasteiger charge is 2.25. The summed E-state index contributed by atoms with van der Waals surface area (Å²) in [5.41, 5.74) is 6.32. The molecule has 2 heterocycles. The van der Waals surface area contributed by atoms with Gasteiger partial charge in [0, 0.05) is 37.3 Å². The van der Waals surface area contributed by atoms with Crippen LogP contribution in [-0.2, 0) is 14.8 Å². The number of nitrogens with two attached hydrogens (primary N) is 1. The zero-order chi connectivity index (χ0) is 15.5. The Morgan fingerprint density at radius 1 is 1.38 bits per heavy atom. The maximum Gasteiger partial charge on any atom is 0.233 e. The predicted octanol–water partition coefficient (Wildman–Crippen LogP) is -0.140. The predicted molar refractivity (Wildman–Crippen MR) is 82.4 cm³/mol. The van der Waals surface area contributed by atoms with E-state index in [0.717, 1.165) is 4.90 Å². The first kappa shape index (κ1) is 16.1. The number of rotatable bonds is 4. The van der Waals surface area contributed by atoms with Gasteiger partial charge in [-0.15, -0.1) is 11.8 Å². The van der Waals surface area contributed by atoms with Crippen LogP contribution in [0.2, 0.25) is 0 Å². The third kappa shape index (κ3) is 4.32. The number of carbonyl (C=O) groups is 1. The van der Waals surface area contributed by atoms with Crippen molar-refractivity contribution < 1.29 is 13.2 Å². The van der Waals surface area contributed by atoms with Gasteiger partial charge in [-0.2, -0.15) is 4.31 Å². The number of amides is 1. The number of aromatic nitrogens is 1. The van der Waals surface area contributed by atoms with Gasteiger partial charge in [-0.25, -0.2) is 8.42 Å². The highest BCUT2D eigenvalue weighted by molar-refractivity contribution is 8.00. The van der Waals surface area contributed by atoms with Crippen molar-refractivity contribution >= 4 is 33.4 Å². The van der Waals surface area contributed by atoms with Gasteiger partial charge < -0.3 is 10.6 Å². The van der Waals surface area contributed by atoms with Gasteiger partial charge in [0.05, 0.1) is 23.9 Å². The monoisotopic (exact) mass is 330 g/mol. The second-order valence-corrected chi connectivity index (χ2v) is 7.74. The molecule has 0 aromatic carbocycles. The summed E-state index contributed by atoms with van der Waals surface area (Å²) in [5, 5.41) is 0. The van der Waals surface area contributed by atoms with Crippen molar-refractivity contribution in [2.75, 3.05) is 43.9 Å². The summed E-state index contributed by atoms with van der Waals surface area (Å²) in [6, 6.07) is 1.77. The van der Waals surface area contributed by atoms with Gasteiger partial charge in [-0.3, -0.25) is 9.78 Å². The molecular formula is C12H18N4O3S2. The first-order valence-corrected chi connectivity index (χ1v) is 9.26. The Labute approximate surface area is 128 Å². The summed E-state index contributed by atoms with van der Waals surface area (Å²) in [7, 11) is -3.17. The standard InChI is InChI=1S/C12H18N4O3S2/c1-21(18,19)16-6-4-15(5-7-16)12(17)9-20-11-2-3-14-8-10(11)13/h2-3,8H,4-7,9,13H2,1H3. The number of sulfonamides is 1. The Bertz CT molecular complexity index is 613. The number of nitrogens with zero attached hydrogens (tertiary/aromatic N) is 3. The highest BCUT2D eigenvalue weighted by Crippen LogP contribution is 2.23. The van der Waals surface area contributed by atoms with Crippen LogP contribution in [0.3, 0.4) is 0 Å². The largest absolute Gasteiger partial charge is 0.397 e. The summed E-state index contributed by atoms with van der Waals surface area (Å²) < 4.78 is 24.2. The number of hydrogen-bond acceptors (Lipinski definition) is 6. The summed E-state index contributed by atoms with van der Waals surface area (Å²) in [6.45, 7) is 1.57. The van der Waals surface area contributed by atoms with Crippen LogP contribution in [0.1, 0.15) is 0 Å². The average molecular weight is 330 g/mol. The van der Waals surface area contributed by atoms with E-state index in [-0.39, 0.29) is 11.7 Å². The SMILES string of the molecule is CS(=O)(=O)N1CCN(C(=O)CSc2ccncc2N)CC1. The van der Waals surface area contributed by atoms with Crippen LogP contribution in [0.15, 0.2) is 23.4 Å². The maximum atomic E-state index is 12.1. The minimum atomic E-state index is -3.17. The van der Waals surface area contributed by atoms with E-state index in [1.165, 1.54) is 22.3 Å². The number of piperazine rings is 1. The fourth-order valence-electron chi connectivity index (χ4n) is 2.03. The summed E-state index contributed by atoms with van der Waals surface area (Å²) in [4.78, 5) is 18.5. The van der Waals surface area contributed by atoms with E-state index >= 15 is 0 Å². The van der Waals surface area contributed by atoms with E-state index in [1.807, 2.05) is 0 Å². The van der Waals surface area contributed by atoms with Gasteiger partial charge in [0.2, 0.25) is 15.9 Å². The molecule has 1 fully saturated rings. The van der Waals surface area contributed by atoms with Crippen molar-refractivity contribution in [2.24, 2.45) is 0 Å². The second kappa shape index (κ2) is 6.63. The minimum absolute atomic E-state index is 0.00985.